The lowest BCUT2D eigenvalue weighted by molar-refractivity contribution is -0.683. The number of benzene rings is 2. The van der Waals surface area contributed by atoms with Gasteiger partial charge in [-0.15, -0.1) is 0 Å². The summed E-state index contributed by atoms with van der Waals surface area (Å²) >= 11 is 0. The van der Waals surface area contributed by atoms with Crippen LogP contribution >= 0.6 is 0 Å². The number of ketones is 1. The van der Waals surface area contributed by atoms with E-state index >= 15 is 0 Å². The average molecular weight is 375 g/mol. The molecular weight excluding hydrogens is 352 g/mol. The number of aliphatic hydroxyl groups is 1. The largest absolute Gasteiger partial charge is 0.396 e. The van der Waals surface area contributed by atoms with Gasteiger partial charge in [-0.3, -0.25) is 9.59 Å². The molecule has 0 saturated carbocycles. The molecule has 5 nitrogen and oxygen atoms in total. The van der Waals surface area contributed by atoms with E-state index in [1.807, 2.05) is 54.6 Å². The van der Waals surface area contributed by atoms with Crippen molar-refractivity contribution < 1.29 is 19.3 Å². The molecule has 0 bridgehead atoms. The lowest BCUT2D eigenvalue weighted by atomic mass is 10.0. The maximum atomic E-state index is 12.5. The molecule has 2 aromatic carbocycles. The zero-order valence-electron chi connectivity index (χ0n) is 15.5. The fourth-order valence-electron chi connectivity index (χ4n) is 2.83. The van der Waals surface area contributed by atoms with E-state index in [0.717, 1.165) is 11.1 Å². The van der Waals surface area contributed by atoms with E-state index < -0.39 is 0 Å². The maximum Gasteiger partial charge on any atom is 0.251 e. The number of hydrogen-bond acceptors (Lipinski definition) is 3. The zero-order valence-corrected chi connectivity index (χ0v) is 15.5. The number of aliphatic hydroxyl groups excluding tert-OH is 1. The van der Waals surface area contributed by atoms with E-state index in [1.54, 1.807) is 29.1 Å². The summed E-state index contributed by atoms with van der Waals surface area (Å²) in [4.78, 5) is 24.5. The van der Waals surface area contributed by atoms with Crippen molar-refractivity contribution in [3.8, 4) is 11.1 Å². The SMILES string of the molecule is O=C(C[n+]1ccc(C(=O)NCCCO)cc1)c1ccc(-c2ccccc2)cc1. The number of carbonyl (C=O) groups is 2. The number of nitrogens with one attached hydrogen (secondary N) is 1. The Kier molecular flexibility index (Phi) is 6.65. The number of Topliss-reactive ketones (excluding diaryl/α,β-unsaturated/α-hetero) is 1. The summed E-state index contributed by atoms with van der Waals surface area (Å²) < 4.78 is 1.75. The first-order valence-electron chi connectivity index (χ1n) is 9.24. The molecule has 0 radical (unpaired) electrons. The number of aromatic nitrogens is 1. The van der Waals surface area contributed by atoms with Crippen LogP contribution in [-0.4, -0.2) is 29.9 Å². The third-order valence-electron chi connectivity index (χ3n) is 4.41. The standard InChI is InChI=1S/C23H22N2O3/c26-16-4-13-24-23(28)21-11-14-25(15-12-21)17-22(27)20-9-7-19(8-10-20)18-5-2-1-3-6-18/h1-3,5-12,14-15,26H,4,13,16-17H2/p+1. The van der Waals surface area contributed by atoms with Crippen molar-refractivity contribution in [3.63, 3.8) is 0 Å². The van der Waals surface area contributed by atoms with Gasteiger partial charge >= 0.3 is 0 Å². The molecule has 0 fully saturated rings. The smallest absolute Gasteiger partial charge is 0.251 e. The van der Waals surface area contributed by atoms with E-state index in [4.69, 9.17) is 5.11 Å². The van der Waals surface area contributed by atoms with Gasteiger partial charge < -0.3 is 10.4 Å². The van der Waals surface area contributed by atoms with Crippen LogP contribution < -0.4 is 9.88 Å². The van der Waals surface area contributed by atoms with Crippen LogP contribution in [-0.2, 0) is 6.54 Å². The van der Waals surface area contributed by atoms with Crippen molar-refractivity contribution >= 4 is 11.7 Å². The second-order valence-corrected chi connectivity index (χ2v) is 6.46. The van der Waals surface area contributed by atoms with Crippen molar-refractivity contribution in [2.75, 3.05) is 13.2 Å². The minimum Gasteiger partial charge on any atom is -0.396 e. The topological polar surface area (TPSA) is 70.3 Å². The molecular formula is C23H23N2O3+. The van der Waals surface area contributed by atoms with Gasteiger partial charge in [0, 0.05) is 30.8 Å². The molecule has 1 amide bonds. The lowest BCUT2D eigenvalue weighted by Gasteiger charge is -2.04. The molecule has 142 valence electrons. The summed E-state index contributed by atoms with van der Waals surface area (Å²) in [6.07, 6.45) is 3.96. The van der Waals surface area contributed by atoms with Crippen LogP contribution in [0.25, 0.3) is 11.1 Å². The molecule has 2 N–H and O–H groups in total. The van der Waals surface area contributed by atoms with Crippen LogP contribution in [0.1, 0.15) is 27.1 Å². The zero-order chi connectivity index (χ0) is 19.8. The number of rotatable bonds is 8. The molecule has 28 heavy (non-hydrogen) atoms. The molecule has 1 heterocycles. The highest BCUT2D eigenvalue weighted by molar-refractivity contribution is 5.95. The molecule has 0 aliphatic heterocycles. The Hall–Kier alpha value is -3.31. The van der Waals surface area contributed by atoms with E-state index in [2.05, 4.69) is 5.32 Å². The number of carbonyl (C=O) groups excluding carboxylic acids is 2. The van der Waals surface area contributed by atoms with Gasteiger partial charge in [0.25, 0.3) is 5.91 Å². The monoisotopic (exact) mass is 375 g/mol. The Morgan fingerprint density at radius 3 is 2.11 bits per heavy atom. The molecule has 3 rings (SSSR count). The van der Waals surface area contributed by atoms with Crippen molar-refractivity contribution in [2.24, 2.45) is 0 Å². The number of nitrogens with zero attached hydrogens (tertiary/aromatic N) is 1. The lowest BCUT2D eigenvalue weighted by Crippen LogP contribution is -2.37. The summed E-state index contributed by atoms with van der Waals surface area (Å²) in [6, 6.07) is 21.0. The number of hydrogen-bond donors (Lipinski definition) is 2. The highest BCUT2D eigenvalue weighted by atomic mass is 16.3. The van der Waals surface area contributed by atoms with Gasteiger partial charge in [-0.2, -0.15) is 4.57 Å². The molecule has 0 spiro atoms. The van der Waals surface area contributed by atoms with Gasteiger partial charge in [0.15, 0.2) is 12.4 Å². The summed E-state index contributed by atoms with van der Waals surface area (Å²) in [5.74, 6) is -0.187. The molecule has 0 unspecified atom stereocenters. The van der Waals surface area contributed by atoms with Crippen molar-refractivity contribution in [3.05, 3.63) is 90.3 Å². The van der Waals surface area contributed by atoms with E-state index in [0.29, 0.717) is 24.1 Å². The van der Waals surface area contributed by atoms with E-state index in [-0.39, 0.29) is 24.8 Å². The number of pyridine rings is 1. The quantitative estimate of drug-likeness (QED) is 0.361. The normalized spacial score (nSPS) is 10.5. The second-order valence-electron chi connectivity index (χ2n) is 6.46. The van der Waals surface area contributed by atoms with Crippen molar-refractivity contribution in [1.29, 1.82) is 0 Å². The molecule has 1 aromatic heterocycles. The summed E-state index contributed by atoms with van der Waals surface area (Å²) in [5, 5.41) is 11.5. The Bertz CT molecular complexity index is 920. The summed E-state index contributed by atoms with van der Waals surface area (Å²) in [5.41, 5.74) is 3.36. The van der Waals surface area contributed by atoms with Gasteiger partial charge in [-0.05, 0) is 17.5 Å². The predicted molar refractivity (Wildman–Crippen MR) is 107 cm³/mol. The first kappa shape index (κ1) is 19.5. The minimum absolute atomic E-state index is 0.00441. The van der Waals surface area contributed by atoms with Crippen LogP contribution in [0.5, 0.6) is 0 Å². The molecule has 3 aromatic rings. The Balaban J connectivity index is 1.60. The van der Waals surface area contributed by atoms with Crippen LogP contribution in [0.4, 0.5) is 0 Å². The minimum atomic E-state index is -0.191. The van der Waals surface area contributed by atoms with Crippen LogP contribution in [0.15, 0.2) is 79.1 Å². The van der Waals surface area contributed by atoms with E-state index in [9.17, 15) is 9.59 Å². The van der Waals surface area contributed by atoms with Crippen LogP contribution in [0.3, 0.4) is 0 Å². The van der Waals surface area contributed by atoms with Gasteiger partial charge in [-0.1, -0.05) is 54.6 Å². The average Bonchev–Trinajstić information content (AvgIpc) is 2.75. The number of amides is 1. The predicted octanol–water partition coefficient (Wildman–Crippen LogP) is 2.64. The van der Waals surface area contributed by atoms with Crippen LogP contribution in [0.2, 0.25) is 0 Å². The first-order chi connectivity index (χ1) is 13.7. The molecule has 0 aliphatic rings. The van der Waals surface area contributed by atoms with Gasteiger partial charge in [-0.25, -0.2) is 0 Å². The van der Waals surface area contributed by atoms with Crippen molar-refractivity contribution in [2.45, 2.75) is 13.0 Å². The Labute approximate surface area is 164 Å². The van der Waals surface area contributed by atoms with Gasteiger partial charge in [0.1, 0.15) is 0 Å². The second kappa shape index (κ2) is 9.58. The van der Waals surface area contributed by atoms with Gasteiger partial charge in [0.2, 0.25) is 12.3 Å². The third kappa shape index (κ3) is 5.11. The van der Waals surface area contributed by atoms with Crippen LogP contribution in [0, 0.1) is 0 Å². The van der Waals surface area contributed by atoms with Gasteiger partial charge in [0.05, 0.1) is 5.56 Å². The molecule has 0 aliphatic carbocycles. The highest BCUT2D eigenvalue weighted by Crippen LogP contribution is 2.19. The first-order valence-corrected chi connectivity index (χ1v) is 9.24. The molecule has 0 saturated heterocycles. The Morgan fingerprint density at radius 1 is 0.821 bits per heavy atom. The highest BCUT2D eigenvalue weighted by Gasteiger charge is 2.13. The van der Waals surface area contributed by atoms with Crippen molar-refractivity contribution in [1.82, 2.24) is 5.32 Å². The molecule has 5 heteroatoms. The summed E-state index contributed by atoms with van der Waals surface area (Å²) in [7, 11) is 0. The fraction of sp³-hybridized carbons (Fsp3) is 0.174. The third-order valence-corrected chi connectivity index (χ3v) is 4.41. The maximum absolute atomic E-state index is 12.5. The Morgan fingerprint density at radius 2 is 1.46 bits per heavy atom. The van der Waals surface area contributed by atoms with E-state index in [1.165, 1.54) is 0 Å². The fourth-order valence-corrected chi connectivity index (χ4v) is 2.83. The molecule has 0 atom stereocenters. The summed E-state index contributed by atoms with van der Waals surface area (Å²) in [6.45, 7) is 0.683.